The van der Waals surface area contributed by atoms with E-state index in [9.17, 15) is 39.9 Å². The number of aromatic hydroxyl groups is 2. The maximum Gasteiger partial charge on any atom is 0.202 e. The van der Waals surface area contributed by atoms with Crippen molar-refractivity contribution in [3.63, 3.8) is 0 Å². The highest BCUT2D eigenvalue weighted by molar-refractivity contribution is 6.31. The largest absolute Gasteiger partial charge is 0.507 e. The molecule has 5 N–H and O–H groups in total. The average Bonchev–Trinajstić information content (AvgIpc) is 3.04. The number of phenolic OH excluding ortho intramolecular Hbond substituents is 2. The van der Waals surface area contributed by atoms with E-state index < -0.39 is 101 Å². The fourth-order valence-corrected chi connectivity index (χ4v) is 7.58. The first kappa shape index (κ1) is 35.4. The van der Waals surface area contributed by atoms with Gasteiger partial charge in [0.15, 0.2) is 24.1 Å². The molecule has 14 nitrogen and oxygen atoms in total. The van der Waals surface area contributed by atoms with Crippen LogP contribution in [0.4, 0.5) is 0 Å². The van der Waals surface area contributed by atoms with Crippen molar-refractivity contribution in [2.45, 2.75) is 107 Å². The summed E-state index contributed by atoms with van der Waals surface area (Å²) < 4.78 is 30.1. The van der Waals surface area contributed by atoms with Gasteiger partial charge in [-0.25, -0.2) is 0 Å². The Morgan fingerprint density at radius 1 is 0.939 bits per heavy atom. The Kier molecular flexibility index (Phi) is 9.39. The second kappa shape index (κ2) is 13.0. The number of benzene rings is 2. The van der Waals surface area contributed by atoms with Crippen molar-refractivity contribution in [1.82, 2.24) is 4.90 Å². The van der Waals surface area contributed by atoms with E-state index in [1.54, 1.807) is 13.8 Å². The maximum atomic E-state index is 13.9. The summed E-state index contributed by atoms with van der Waals surface area (Å²) in [6.07, 6.45) is -7.45. The molecule has 2 aromatic carbocycles. The van der Waals surface area contributed by atoms with E-state index in [2.05, 4.69) is 0 Å². The van der Waals surface area contributed by atoms with Crippen molar-refractivity contribution >= 4 is 17.3 Å². The zero-order chi connectivity index (χ0) is 35.7. The Labute approximate surface area is 283 Å². The molecule has 4 aliphatic rings. The zero-order valence-corrected chi connectivity index (χ0v) is 28.2. The molecule has 2 heterocycles. The topological polar surface area (TPSA) is 202 Å². The minimum Gasteiger partial charge on any atom is -0.507 e. The minimum atomic E-state index is -2.04. The number of nitrogens with zero attached hydrogens (tertiary/aromatic N) is 1. The lowest BCUT2D eigenvalue weighted by molar-refractivity contribution is -0.310. The lowest BCUT2D eigenvalue weighted by Gasteiger charge is -2.47. The molecule has 0 aromatic heterocycles. The number of carbonyl (C=O) groups is 3. The fourth-order valence-electron chi connectivity index (χ4n) is 7.58. The molecule has 2 aliphatic carbocycles. The standard InChI is InChI=1S/C35H43NO13/c1-14-29(39)20(38)11-24(46-14)49-34-15(2)47-23(10-19(34)36(4)5)48-22-13-35(44,16(3)37)12-18-26(22)33(43)28-27(31(18)41)30(40)17-8-7-9-21(45-6)25(17)32(28)42/h7-9,14-15,19-20,22-24,29,34,38-39,41,43-44H,10-13H2,1-6H3/t14-,15-,19-,20-,22-,23-,24-,29+,34+,35-/m0/s1. The summed E-state index contributed by atoms with van der Waals surface area (Å²) in [6.45, 7) is 4.61. The SMILES string of the molecule is COc1cccc2c1C(=O)c1c(O)c3c(c(O)c1C2=O)C[C@@](O)(C(C)=O)C[C@@H]3O[C@H]1C[C@H](N(C)C)[C@H](O[C@H]2C[C@H](O)[C@H](O)[C@H](C)O2)[C@H](C)O1. The summed E-state index contributed by atoms with van der Waals surface area (Å²) in [6, 6.07) is 4.12. The van der Waals surface area contributed by atoms with Crippen LogP contribution in [0, 0.1) is 0 Å². The van der Waals surface area contributed by atoms with Crippen LogP contribution >= 0.6 is 0 Å². The third-order valence-electron chi connectivity index (χ3n) is 10.3. The Morgan fingerprint density at radius 2 is 1.59 bits per heavy atom. The summed E-state index contributed by atoms with van der Waals surface area (Å²) in [5, 5.41) is 55.3. The van der Waals surface area contributed by atoms with Crippen LogP contribution in [0.1, 0.15) is 89.1 Å². The molecule has 49 heavy (non-hydrogen) atoms. The first-order chi connectivity index (χ1) is 23.1. The molecule has 10 atom stereocenters. The average molecular weight is 686 g/mol. The summed E-state index contributed by atoms with van der Waals surface area (Å²) in [5.74, 6) is -3.20. The number of rotatable bonds is 7. The number of ketones is 3. The number of methoxy groups -OCH3 is 1. The highest BCUT2D eigenvalue weighted by atomic mass is 16.7. The van der Waals surface area contributed by atoms with Gasteiger partial charge in [0.2, 0.25) is 5.78 Å². The number of phenols is 2. The van der Waals surface area contributed by atoms with Gasteiger partial charge in [0.1, 0.15) is 35.1 Å². The van der Waals surface area contributed by atoms with Crippen LogP contribution < -0.4 is 4.74 Å². The number of aliphatic hydroxyl groups is 3. The number of Topliss-reactive ketones (excluding diaryl/α,β-unsaturated/α-hetero) is 1. The lowest BCUT2D eigenvalue weighted by Crippen LogP contribution is -2.57. The number of likely N-dealkylation sites (N-methyl/N-ethyl adjacent to an activating group) is 1. The molecular formula is C35H43NO13. The van der Waals surface area contributed by atoms with Crippen LogP contribution in [-0.2, 0) is 30.2 Å². The number of ether oxygens (including phenoxy) is 5. The van der Waals surface area contributed by atoms with Gasteiger partial charge in [-0.1, -0.05) is 12.1 Å². The van der Waals surface area contributed by atoms with Gasteiger partial charge in [-0.05, 0) is 40.9 Å². The molecule has 266 valence electrons. The van der Waals surface area contributed by atoms with Crippen LogP contribution in [0.25, 0.3) is 0 Å². The molecule has 0 amide bonds. The molecule has 0 saturated carbocycles. The molecule has 2 aliphatic heterocycles. The van der Waals surface area contributed by atoms with Crippen molar-refractivity contribution in [2.75, 3.05) is 21.2 Å². The molecule has 2 aromatic rings. The van der Waals surface area contributed by atoms with Crippen LogP contribution in [0.3, 0.4) is 0 Å². The smallest absolute Gasteiger partial charge is 0.202 e. The van der Waals surface area contributed by atoms with Gasteiger partial charge in [-0.15, -0.1) is 0 Å². The predicted molar refractivity (Wildman–Crippen MR) is 170 cm³/mol. The summed E-state index contributed by atoms with van der Waals surface area (Å²) in [5.41, 5.74) is -3.09. The fraction of sp³-hybridized carbons (Fsp3) is 0.571. The lowest BCUT2D eigenvalue weighted by atomic mass is 9.72. The van der Waals surface area contributed by atoms with Gasteiger partial charge < -0.3 is 54.1 Å². The van der Waals surface area contributed by atoms with E-state index in [0.29, 0.717) is 0 Å². The minimum absolute atomic E-state index is 0.0215. The Hall–Kier alpha value is -3.47. The Morgan fingerprint density at radius 3 is 2.22 bits per heavy atom. The molecule has 2 saturated heterocycles. The van der Waals surface area contributed by atoms with Crippen molar-refractivity contribution in [2.24, 2.45) is 0 Å². The van der Waals surface area contributed by atoms with Crippen molar-refractivity contribution in [1.29, 1.82) is 0 Å². The third kappa shape index (κ3) is 5.93. The predicted octanol–water partition coefficient (Wildman–Crippen LogP) is 1.51. The van der Waals surface area contributed by atoms with E-state index in [4.69, 9.17) is 23.7 Å². The van der Waals surface area contributed by atoms with Crippen LogP contribution in [-0.4, -0.2) is 124 Å². The number of carbonyl (C=O) groups excluding carboxylic acids is 3. The second-order valence-corrected chi connectivity index (χ2v) is 13.7. The third-order valence-corrected chi connectivity index (χ3v) is 10.3. The van der Waals surface area contributed by atoms with E-state index in [1.807, 2.05) is 19.0 Å². The van der Waals surface area contributed by atoms with Crippen LogP contribution in [0.2, 0.25) is 0 Å². The van der Waals surface area contributed by atoms with Gasteiger partial charge in [0.05, 0.1) is 48.2 Å². The van der Waals surface area contributed by atoms with Crippen LogP contribution in [0.15, 0.2) is 18.2 Å². The van der Waals surface area contributed by atoms with E-state index in [1.165, 1.54) is 32.2 Å². The number of fused-ring (bicyclic) bond motifs is 3. The van der Waals surface area contributed by atoms with Gasteiger partial charge >= 0.3 is 0 Å². The highest BCUT2D eigenvalue weighted by Gasteiger charge is 2.50. The Bertz CT molecular complexity index is 1660. The van der Waals surface area contributed by atoms with Gasteiger partial charge in [-0.3, -0.25) is 14.4 Å². The molecule has 6 rings (SSSR count). The normalized spacial score (nSPS) is 34.3. The van der Waals surface area contributed by atoms with Gasteiger partial charge in [0, 0.05) is 48.4 Å². The first-order valence-electron chi connectivity index (χ1n) is 16.3. The van der Waals surface area contributed by atoms with Crippen LogP contribution in [0.5, 0.6) is 17.2 Å². The summed E-state index contributed by atoms with van der Waals surface area (Å²) >= 11 is 0. The summed E-state index contributed by atoms with van der Waals surface area (Å²) in [4.78, 5) is 42.4. The summed E-state index contributed by atoms with van der Waals surface area (Å²) in [7, 11) is 5.03. The Balaban J connectivity index is 1.35. The monoisotopic (exact) mass is 685 g/mol. The van der Waals surface area contributed by atoms with Gasteiger partial charge in [0.25, 0.3) is 0 Å². The second-order valence-electron chi connectivity index (χ2n) is 13.7. The zero-order valence-electron chi connectivity index (χ0n) is 28.2. The maximum absolute atomic E-state index is 13.9. The van der Waals surface area contributed by atoms with E-state index in [-0.39, 0.29) is 53.3 Å². The molecule has 2 fully saturated rings. The highest BCUT2D eigenvalue weighted by Crippen LogP contribution is 2.52. The molecular weight excluding hydrogens is 642 g/mol. The number of hydrogen-bond acceptors (Lipinski definition) is 14. The van der Waals surface area contributed by atoms with Crippen molar-refractivity contribution < 1.29 is 63.6 Å². The molecule has 0 spiro atoms. The van der Waals surface area contributed by atoms with E-state index >= 15 is 0 Å². The van der Waals surface area contributed by atoms with Crippen molar-refractivity contribution in [3.8, 4) is 17.2 Å². The molecule has 0 bridgehead atoms. The quantitative estimate of drug-likeness (QED) is 0.224. The number of hydrogen-bond donors (Lipinski definition) is 5. The molecule has 0 radical (unpaired) electrons. The molecule has 14 heteroatoms. The number of aliphatic hydroxyl groups excluding tert-OH is 2. The van der Waals surface area contributed by atoms with Gasteiger partial charge in [-0.2, -0.15) is 0 Å². The first-order valence-corrected chi connectivity index (χ1v) is 16.3. The van der Waals surface area contributed by atoms with E-state index in [0.717, 1.165) is 0 Å². The molecule has 0 unspecified atom stereocenters. The van der Waals surface area contributed by atoms with Crippen molar-refractivity contribution in [3.05, 3.63) is 51.6 Å².